The van der Waals surface area contributed by atoms with Crippen molar-refractivity contribution in [1.82, 2.24) is 5.43 Å². The van der Waals surface area contributed by atoms with Gasteiger partial charge >= 0.3 is 5.97 Å². The maximum Gasteiger partial charge on any atom is 0.343 e. The van der Waals surface area contributed by atoms with Crippen LogP contribution in [0.25, 0.3) is 0 Å². The van der Waals surface area contributed by atoms with E-state index in [-0.39, 0.29) is 11.7 Å². The minimum atomic E-state index is -0.517. The van der Waals surface area contributed by atoms with Crippen molar-refractivity contribution in [3.05, 3.63) is 87.9 Å². The van der Waals surface area contributed by atoms with Crippen LogP contribution in [0.5, 0.6) is 17.2 Å². The maximum absolute atomic E-state index is 12.5. The lowest BCUT2D eigenvalue weighted by molar-refractivity contribution is 0.0728. The summed E-state index contributed by atoms with van der Waals surface area (Å²) in [6.45, 7) is 2.21. The van der Waals surface area contributed by atoms with Gasteiger partial charge in [0.1, 0.15) is 5.75 Å². The molecule has 0 radical (unpaired) electrons. The van der Waals surface area contributed by atoms with E-state index in [0.29, 0.717) is 34.8 Å². The zero-order valence-corrected chi connectivity index (χ0v) is 19.1. The number of ether oxygens (including phenoxy) is 3. The van der Waals surface area contributed by atoms with Crippen molar-refractivity contribution in [2.45, 2.75) is 6.92 Å². The number of benzene rings is 3. The molecule has 0 aliphatic rings. The highest BCUT2D eigenvalue weighted by atomic mass is 79.9. The summed E-state index contributed by atoms with van der Waals surface area (Å²) in [4.78, 5) is 24.6. The summed E-state index contributed by atoms with van der Waals surface area (Å²) in [5, 5.41) is 3.99. The number of nitrogens with one attached hydrogen (secondary N) is 1. The summed E-state index contributed by atoms with van der Waals surface area (Å²) < 4.78 is 17.0. The van der Waals surface area contributed by atoms with Gasteiger partial charge in [0.05, 0.1) is 25.5 Å². The van der Waals surface area contributed by atoms with E-state index >= 15 is 0 Å². The average Bonchev–Trinajstić information content (AvgIpc) is 2.80. The van der Waals surface area contributed by atoms with E-state index in [4.69, 9.17) is 14.2 Å². The molecular weight excluding hydrogens is 476 g/mol. The molecular formula is C24H21BrN2O5. The minimum absolute atomic E-state index is 0.281. The fraction of sp³-hybridized carbons (Fsp3) is 0.125. The molecule has 3 aromatic rings. The molecule has 1 N–H and O–H groups in total. The molecule has 0 atom stereocenters. The van der Waals surface area contributed by atoms with Gasteiger partial charge in [-0.3, -0.25) is 4.79 Å². The lowest BCUT2D eigenvalue weighted by atomic mass is 10.2. The molecule has 8 heteroatoms. The van der Waals surface area contributed by atoms with Crippen LogP contribution in [-0.4, -0.2) is 31.8 Å². The molecule has 0 bridgehead atoms. The minimum Gasteiger partial charge on any atom is -0.497 e. The van der Waals surface area contributed by atoms with Crippen LogP contribution >= 0.6 is 15.9 Å². The Kier molecular flexibility index (Phi) is 7.99. The Hall–Kier alpha value is -3.65. The number of carbonyl (C=O) groups is 2. The van der Waals surface area contributed by atoms with Crippen molar-refractivity contribution in [2.24, 2.45) is 5.10 Å². The number of amides is 1. The number of hydrogen-bond donors (Lipinski definition) is 1. The zero-order chi connectivity index (χ0) is 22.9. The van der Waals surface area contributed by atoms with Crippen LogP contribution in [0.2, 0.25) is 0 Å². The SMILES string of the molecule is CCOc1cc(/C=N\NC(=O)c2cccc(Br)c2)ccc1OC(=O)c1ccc(OC)cc1. The molecule has 0 saturated heterocycles. The molecule has 0 aliphatic heterocycles. The number of halogens is 1. The Morgan fingerprint density at radius 1 is 1.00 bits per heavy atom. The molecule has 0 heterocycles. The first kappa shape index (κ1) is 23.0. The van der Waals surface area contributed by atoms with E-state index in [1.54, 1.807) is 67.8 Å². The van der Waals surface area contributed by atoms with Crippen molar-refractivity contribution in [3.63, 3.8) is 0 Å². The summed E-state index contributed by atoms with van der Waals surface area (Å²) in [6.07, 6.45) is 1.48. The summed E-state index contributed by atoms with van der Waals surface area (Å²) in [7, 11) is 1.55. The first-order valence-corrected chi connectivity index (χ1v) is 10.5. The molecule has 0 saturated carbocycles. The Morgan fingerprint density at radius 3 is 2.47 bits per heavy atom. The van der Waals surface area contributed by atoms with Gasteiger partial charge in [-0.25, -0.2) is 10.2 Å². The van der Waals surface area contributed by atoms with Crippen molar-refractivity contribution >= 4 is 34.0 Å². The van der Waals surface area contributed by atoms with Gasteiger partial charge in [-0.15, -0.1) is 0 Å². The summed E-state index contributed by atoms with van der Waals surface area (Å²) in [5.41, 5.74) is 4.00. The van der Waals surface area contributed by atoms with Gasteiger partial charge in [-0.05, 0) is 73.2 Å². The summed E-state index contributed by atoms with van der Waals surface area (Å²) in [5.74, 6) is 0.459. The highest BCUT2D eigenvalue weighted by Gasteiger charge is 2.13. The van der Waals surface area contributed by atoms with Gasteiger partial charge in [0.25, 0.3) is 5.91 Å². The summed E-state index contributed by atoms with van der Waals surface area (Å²) in [6, 6.07) is 18.6. The largest absolute Gasteiger partial charge is 0.497 e. The zero-order valence-electron chi connectivity index (χ0n) is 17.5. The Balaban J connectivity index is 1.69. The number of rotatable bonds is 8. The maximum atomic E-state index is 12.5. The van der Waals surface area contributed by atoms with Crippen molar-refractivity contribution < 1.29 is 23.8 Å². The van der Waals surface area contributed by atoms with Crippen LogP contribution < -0.4 is 19.6 Å². The van der Waals surface area contributed by atoms with Gasteiger partial charge in [-0.2, -0.15) is 5.10 Å². The van der Waals surface area contributed by atoms with E-state index in [2.05, 4.69) is 26.5 Å². The molecule has 0 aromatic heterocycles. The lowest BCUT2D eigenvalue weighted by Crippen LogP contribution is -2.17. The van der Waals surface area contributed by atoms with Gasteiger partial charge in [0, 0.05) is 10.0 Å². The van der Waals surface area contributed by atoms with Crippen LogP contribution in [0.3, 0.4) is 0 Å². The van der Waals surface area contributed by atoms with E-state index in [1.165, 1.54) is 6.21 Å². The third-order valence-electron chi connectivity index (χ3n) is 4.26. The third-order valence-corrected chi connectivity index (χ3v) is 4.76. The molecule has 32 heavy (non-hydrogen) atoms. The van der Waals surface area contributed by atoms with Gasteiger partial charge in [0.2, 0.25) is 0 Å². The van der Waals surface area contributed by atoms with Crippen LogP contribution in [0.15, 0.2) is 76.3 Å². The molecule has 0 fully saturated rings. The second kappa shape index (κ2) is 11.1. The van der Waals surface area contributed by atoms with Crippen molar-refractivity contribution in [3.8, 4) is 17.2 Å². The van der Waals surface area contributed by atoms with E-state index in [9.17, 15) is 9.59 Å². The second-order valence-electron chi connectivity index (χ2n) is 6.47. The fourth-order valence-electron chi connectivity index (χ4n) is 2.70. The molecule has 0 unspecified atom stereocenters. The molecule has 1 amide bonds. The number of esters is 1. The normalized spacial score (nSPS) is 10.6. The number of methoxy groups -OCH3 is 1. The summed E-state index contributed by atoms with van der Waals surface area (Å²) >= 11 is 3.33. The number of nitrogens with zero attached hydrogens (tertiary/aromatic N) is 1. The number of hydrazone groups is 1. The third kappa shape index (κ3) is 6.18. The van der Waals surface area contributed by atoms with Crippen LogP contribution in [0.4, 0.5) is 0 Å². The van der Waals surface area contributed by atoms with Crippen molar-refractivity contribution in [2.75, 3.05) is 13.7 Å². The molecule has 0 spiro atoms. The number of hydrogen-bond acceptors (Lipinski definition) is 6. The van der Waals surface area contributed by atoms with Crippen LogP contribution in [-0.2, 0) is 0 Å². The molecule has 0 aliphatic carbocycles. The van der Waals surface area contributed by atoms with Gasteiger partial charge in [0.15, 0.2) is 11.5 Å². The molecule has 3 aromatic carbocycles. The Bertz CT molecular complexity index is 1130. The number of carbonyl (C=O) groups excluding carboxylic acids is 2. The Labute approximate surface area is 194 Å². The quantitative estimate of drug-likeness (QED) is 0.208. The monoisotopic (exact) mass is 496 g/mol. The Morgan fingerprint density at radius 2 is 1.78 bits per heavy atom. The topological polar surface area (TPSA) is 86.2 Å². The van der Waals surface area contributed by atoms with Gasteiger partial charge < -0.3 is 14.2 Å². The lowest BCUT2D eigenvalue weighted by Gasteiger charge is -2.11. The highest BCUT2D eigenvalue weighted by Crippen LogP contribution is 2.29. The van der Waals surface area contributed by atoms with E-state index < -0.39 is 5.97 Å². The standard InChI is InChI=1S/C24H21BrN2O5/c1-3-31-22-13-16(15-26-27-23(28)18-5-4-6-19(25)14-18)7-12-21(22)32-24(29)17-8-10-20(30-2)11-9-17/h4-15H,3H2,1-2H3,(H,27,28)/b26-15-. The van der Waals surface area contributed by atoms with E-state index in [0.717, 1.165) is 4.47 Å². The van der Waals surface area contributed by atoms with Crippen LogP contribution in [0, 0.1) is 0 Å². The van der Waals surface area contributed by atoms with E-state index in [1.807, 2.05) is 13.0 Å². The first-order chi connectivity index (χ1) is 15.5. The van der Waals surface area contributed by atoms with Gasteiger partial charge in [-0.1, -0.05) is 22.0 Å². The van der Waals surface area contributed by atoms with Crippen LogP contribution in [0.1, 0.15) is 33.2 Å². The fourth-order valence-corrected chi connectivity index (χ4v) is 3.10. The van der Waals surface area contributed by atoms with Crippen molar-refractivity contribution in [1.29, 1.82) is 0 Å². The average molecular weight is 497 g/mol. The predicted octanol–water partition coefficient (Wildman–Crippen LogP) is 4.84. The molecule has 7 nitrogen and oxygen atoms in total. The molecule has 164 valence electrons. The second-order valence-corrected chi connectivity index (χ2v) is 7.38. The smallest absolute Gasteiger partial charge is 0.343 e. The molecule has 3 rings (SSSR count). The highest BCUT2D eigenvalue weighted by molar-refractivity contribution is 9.10. The first-order valence-electron chi connectivity index (χ1n) is 9.72. The predicted molar refractivity (Wildman–Crippen MR) is 125 cm³/mol.